The summed E-state index contributed by atoms with van der Waals surface area (Å²) in [5.74, 6) is 0.318. The van der Waals surface area contributed by atoms with Gasteiger partial charge in [-0.1, -0.05) is 18.6 Å². The van der Waals surface area contributed by atoms with Gasteiger partial charge in [0.25, 0.3) is 0 Å². The summed E-state index contributed by atoms with van der Waals surface area (Å²) < 4.78 is 18.5. The molecule has 0 aromatic heterocycles. The second-order valence-electron chi connectivity index (χ2n) is 7.08. The highest BCUT2D eigenvalue weighted by Crippen LogP contribution is 2.43. The van der Waals surface area contributed by atoms with Crippen molar-refractivity contribution in [1.82, 2.24) is 10.2 Å². The third kappa shape index (κ3) is 5.79. The smallest absolute Gasteiger partial charge is 0.188 e. The molecule has 5 nitrogen and oxygen atoms in total. The first-order valence-electron chi connectivity index (χ1n) is 9.28. The number of halogens is 2. The van der Waals surface area contributed by atoms with Gasteiger partial charge in [-0.25, -0.2) is 4.39 Å². The fourth-order valence-corrected chi connectivity index (χ4v) is 3.58. The Kier molecular flexibility index (Phi) is 8.56. The second kappa shape index (κ2) is 10.4. The number of rotatable bonds is 7. The molecule has 1 saturated carbocycles. The molecule has 1 saturated heterocycles. The first-order chi connectivity index (χ1) is 12.2. The van der Waals surface area contributed by atoms with Gasteiger partial charge in [-0.2, -0.15) is 0 Å². The van der Waals surface area contributed by atoms with E-state index in [1.165, 1.54) is 24.1 Å². The van der Waals surface area contributed by atoms with Crippen LogP contribution in [0.5, 0.6) is 0 Å². The maximum atomic E-state index is 13.2. The fourth-order valence-electron chi connectivity index (χ4n) is 3.58. The summed E-state index contributed by atoms with van der Waals surface area (Å²) in [4.78, 5) is 6.97. The molecule has 1 aliphatic heterocycles. The lowest BCUT2D eigenvalue weighted by molar-refractivity contribution is 0.0376. The molecule has 0 bridgehead atoms. The van der Waals surface area contributed by atoms with Crippen LogP contribution in [0, 0.1) is 5.82 Å². The number of benzene rings is 1. The minimum Gasteiger partial charge on any atom is -0.379 e. The summed E-state index contributed by atoms with van der Waals surface area (Å²) in [7, 11) is 0. The highest BCUT2D eigenvalue weighted by Gasteiger charge is 2.38. The molecular weight excluding hydrogens is 446 g/mol. The third-order valence-corrected chi connectivity index (χ3v) is 5.38. The molecular formula is C19H30FIN4O. The zero-order chi connectivity index (χ0) is 17.5. The Morgan fingerprint density at radius 3 is 2.54 bits per heavy atom. The SMILES string of the molecule is I.NC(=NCC1(c2ccc(F)cc2)CCC1)NCCCN1CCOCC1. The van der Waals surface area contributed by atoms with Gasteiger partial charge in [-0.05, 0) is 43.5 Å². The summed E-state index contributed by atoms with van der Waals surface area (Å²) >= 11 is 0. The van der Waals surface area contributed by atoms with Gasteiger partial charge in [0.15, 0.2) is 5.96 Å². The average molecular weight is 476 g/mol. The Labute approximate surface area is 172 Å². The van der Waals surface area contributed by atoms with Crippen molar-refractivity contribution < 1.29 is 9.13 Å². The van der Waals surface area contributed by atoms with Gasteiger partial charge in [0.2, 0.25) is 0 Å². The monoisotopic (exact) mass is 476 g/mol. The molecule has 146 valence electrons. The number of morpholine rings is 1. The van der Waals surface area contributed by atoms with E-state index in [2.05, 4.69) is 15.2 Å². The number of guanidine groups is 1. The van der Waals surface area contributed by atoms with Crippen LogP contribution in [0.4, 0.5) is 4.39 Å². The molecule has 1 heterocycles. The number of nitrogens with zero attached hydrogens (tertiary/aromatic N) is 2. The predicted molar refractivity (Wildman–Crippen MR) is 114 cm³/mol. The van der Waals surface area contributed by atoms with E-state index >= 15 is 0 Å². The molecule has 7 heteroatoms. The third-order valence-electron chi connectivity index (χ3n) is 5.38. The van der Waals surface area contributed by atoms with Crippen molar-refractivity contribution in [2.75, 3.05) is 45.9 Å². The van der Waals surface area contributed by atoms with Crippen LogP contribution >= 0.6 is 24.0 Å². The van der Waals surface area contributed by atoms with Crippen LogP contribution in [0.2, 0.25) is 0 Å². The molecule has 1 aromatic carbocycles. The number of hydrogen-bond donors (Lipinski definition) is 2. The summed E-state index contributed by atoms with van der Waals surface area (Å²) in [6, 6.07) is 6.84. The van der Waals surface area contributed by atoms with Crippen molar-refractivity contribution in [1.29, 1.82) is 0 Å². The van der Waals surface area contributed by atoms with Gasteiger partial charge in [0.05, 0.1) is 19.8 Å². The van der Waals surface area contributed by atoms with Crippen LogP contribution in [0.1, 0.15) is 31.2 Å². The van der Waals surface area contributed by atoms with Gasteiger partial charge >= 0.3 is 0 Å². The molecule has 0 radical (unpaired) electrons. The number of hydrogen-bond acceptors (Lipinski definition) is 3. The molecule has 1 aromatic rings. The van der Waals surface area contributed by atoms with E-state index in [9.17, 15) is 4.39 Å². The van der Waals surface area contributed by atoms with Gasteiger partial charge in [-0.3, -0.25) is 9.89 Å². The van der Waals surface area contributed by atoms with Crippen molar-refractivity contribution in [2.24, 2.45) is 10.7 Å². The summed E-state index contributed by atoms with van der Waals surface area (Å²) in [5.41, 5.74) is 7.23. The molecule has 3 N–H and O–H groups in total. The van der Waals surface area contributed by atoms with Crippen LogP contribution in [-0.4, -0.2) is 56.8 Å². The topological polar surface area (TPSA) is 62.9 Å². The summed E-state index contributed by atoms with van der Waals surface area (Å²) in [5, 5.41) is 3.21. The molecule has 2 aliphatic rings. The van der Waals surface area contributed by atoms with Gasteiger partial charge in [0, 0.05) is 25.0 Å². The van der Waals surface area contributed by atoms with Crippen molar-refractivity contribution in [3.8, 4) is 0 Å². The van der Waals surface area contributed by atoms with Gasteiger partial charge < -0.3 is 15.8 Å². The Morgan fingerprint density at radius 2 is 1.92 bits per heavy atom. The standard InChI is InChI=1S/C19H29FN4O.HI/c20-17-5-3-16(4-6-17)19(7-1-8-19)15-23-18(21)22-9-2-10-24-11-13-25-14-12-24;/h3-6H,1-2,7-15H2,(H3,21,22,23);1H. The quantitative estimate of drug-likeness (QED) is 0.275. The van der Waals surface area contributed by atoms with E-state index in [1.54, 1.807) is 0 Å². The van der Waals surface area contributed by atoms with Crippen LogP contribution < -0.4 is 11.1 Å². The Balaban J connectivity index is 0.00000243. The average Bonchev–Trinajstić information content (AvgIpc) is 2.60. The van der Waals surface area contributed by atoms with Gasteiger partial charge in [-0.15, -0.1) is 24.0 Å². The Bertz CT molecular complexity index is 571. The normalized spacial score (nSPS) is 20.1. The molecule has 2 fully saturated rings. The highest BCUT2D eigenvalue weighted by molar-refractivity contribution is 14.0. The molecule has 1 aliphatic carbocycles. The summed E-state index contributed by atoms with van der Waals surface area (Å²) in [6.45, 7) is 6.26. The van der Waals surface area contributed by atoms with Gasteiger partial charge in [0.1, 0.15) is 5.82 Å². The molecule has 26 heavy (non-hydrogen) atoms. The first-order valence-corrected chi connectivity index (χ1v) is 9.28. The van der Waals surface area contributed by atoms with Crippen molar-refractivity contribution in [2.45, 2.75) is 31.1 Å². The molecule has 3 rings (SSSR count). The molecule has 0 unspecified atom stereocenters. The maximum Gasteiger partial charge on any atom is 0.188 e. The number of ether oxygens (including phenoxy) is 1. The zero-order valence-electron chi connectivity index (χ0n) is 15.3. The van der Waals surface area contributed by atoms with Crippen LogP contribution in [0.3, 0.4) is 0 Å². The van der Waals surface area contributed by atoms with Crippen molar-refractivity contribution in [3.63, 3.8) is 0 Å². The number of nitrogens with two attached hydrogens (primary N) is 1. The van der Waals surface area contributed by atoms with E-state index in [0.29, 0.717) is 12.5 Å². The van der Waals surface area contributed by atoms with E-state index < -0.39 is 0 Å². The Morgan fingerprint density at radius 1 is 1.23 bits per heavy atom. The fraction of sp³-hybridized carbons (Fsp3) is 0.632. The van der Waals surface area contributed by atoms with E-state index in [-0.39, 0.29) is 35.2 Å². The molecule has 0 atom stereocenters. The molecule has 0 amide bonds. The lowest BCUT2D eigenvalue weighted by Crippen LogP contribution is -2.41. The summed E-state index contributed by atoms with van der Waals surface area (Å²) in [6.07, 6.45) is 4.41. The number of nitrogens with one attached hydrogen (secondary N) is 1. The highest BCUT2D eigenvalue weighted by atomic mass is 127. The minimum atomic E-state index is -0.192. The second-order valence-corrected chi connectivity index (χ2v) is 7.08. The van der Waals surface area contributed by atoms with E-state index in [1.807, 2.05) is 12.1 Å². The van der Waals surface area contributed by atoms with Crippen molar-refractivity contribution in [3.05, 3.63) is 35.6 Å². The zero-order valence-corrected chi connectivity index (χ0v) is 17.6. The lowest BCUT2D eigenvalue weighted by atomic mass is 9.64. The van der Waals surface area contributed by atoms with E-state index in [4.69, 9.17) is 10.5 Å². The number of aliphatic imine (C=N–C) groups is 1. The predicted octanol–water partition coefficient (Wildman–Crippen LogP) is 2.49. The van der Waals surface area contributed by atoms with Crippen LogP contribution in [0.15, 0.2) is 29.3 Å². The van der Waals surface area contributed by atoms with Crippen LogP contribution in [0.25, 0.3) is 0 Å². The van der Waals surface area contributed by atoms with Crippen molar-refractivity contribution >= 4 is 29.9 Å². The minimum absolute atomic E-state index is 0. The Hall–Kier alpha value is -0.930. The first kappa shape index (κ1) is 21.4. The largest absolute Gasteiger partial charge is 0.379 e. The maximum absolute atomic E-state index is 13.2. The molecule has 0 spiro atoms. The lowest BCUT2D eigenvalue weighted by Gasteiger charge is -2.41. The van der Waals surface area contributed by atoms with Crippen LogP contribution in [-0.2, 0) is 10.2 Å². The van der Waals surface area contributed by atoms with E-state index in [0.717, 1.165) is 58.7 Å².